The van der Waals surface area contributed by atoms with E-state index in [0.29, 0.717) is 23.6 Å². The Morgan fingerprint density at radius 1 is 1.50 bits per heavy atom. The van der Waals surface area contributed by atoms with Gasteiger partial charge in [0, 0.05) is 12.7 Å². The van der Waals surface area contributed by atoms with Gasteiger partial charge in [-0.3, -0.25) is 9.59 Å². The van der Waals surface area contributed by atoms with E-state index >= 15 is 0 Å². The van der Waals surface area contributed by atoms with Crippen molar-refractivity contribution in [3.8, 4) is 0 Å². The number of amides is 1. The van der Waals surface area contributed by atoms with Crippen molar-refractivity contribution in [1.82, 2.24) is 9.88 Å². The van der Waals surface area contributed by atoms with E-state index in [2.05, 4.69) is 4.98 Å². The van der Waals surface area contributed by atoms with Gasteiger partial charge in [-0.1, -0.05) is 6.92 Å². The lowest BCUT2D eigenvalue weighted by Gasteiger charge is -2.20. The van der Waals surface area contributed by atoms with Crippen molar-refractivity contribution in [3.05, 3.63) is 23.9 Å². The molecule has 0 radical (unpaired) electrons. The van der Waals surface area contributed by atoms with Gasteiger partial charge >= 0.3 is 5.97 Å². The summed E-state index contributed by atoms with van der Waals surface area (Å²) in [6.45, 7) is 2.05. The molecule has 98 valence electrons. The molecule has 0 saturated carbocycles. The Labute approximate surface area is 110 Å². The van der Waals surface area contributed by atoms with Crippen LogP contribution in [0.4, 0.5) is 0 Å². The molecule has 5 nitrogen and oxygen atoms in total. The van der Waals surface area contributed by atoms with E-state index in [-0.39, 0.29) is 12.5 Å². The second kappa shape index (κ2) is 7.00. The zero-order valence-electron chi connectivity index (χ0n) is 10.4. The fourth-order valence-electron chi connectivity index (χ4n) is 1.57. The Bertz CT molecular complexity index is 437. The summed E-state index contributed by atoms with van der Waals surface area (Å²) < 4.78 is 0. The fourth-order valence-corrected chi connectivity index (χ4v) is 2.11. The van der Waals surface area contributed by atoms with Gasteiger partial charge in [-0.25, -0.2) is 4.98 Å². The van der Waals surface area contributed by atoms with Crippen LogP contribution in [-0.4, -0.2) is 46.2 Å². The van der Waals surface area contributed by atoms with Crippen molar-refractivity contribution in [3.63, 3.8) is 0 Å². The maximum atomic E-state index is 12.3. The SMILES string of the molecule is CCCN(CC(=O)O)C(=O)c1cccnc1SC. The fraction of sp³-hybridized carbons (Fsp3) is 0.417. The maximum absolute atomic E-state index is 12.3. The summed E-state index contributed by atoms with van der Waals surface area (Å²) in [4.78, 5) is 28.5. The van der Waals surface area contributed by atoms with Gasteiger partial charge in [0.2, 0.25) is 0 Å². The molecular formula is C12H16N2O3S. The summed E-state index contributed by atoms with van der Waals surface area (Å²) in [5.74, 6) is -1.29. The molecule has 6 heteroatoms. The zero-order valence-corrected chi connectivity index (χ0v) is 11.2. The predicted octanol–water partition coefficient (Wildman–Crippen LogP) is 1.74. The molecule has 0 bridgehead atoms. The van der Waals surface area contributed by atoms with Gasteiger partial charge in [-0.15, -0.1) is 11.8 Å². The molecule has 0 spiro atoms. The lowest BCUT2D eigenvalue weighted by molar-refractivity contribution is -0.137. The summed E-state index contributed by atoms with van der Waals surface area (Å²) in [5.41, 5.74) is 0.458. The molecule has 0 atom stereocenters. The molecule has 1 aromatic rings. The van der Waals surface area contributed by atoms with Crippen molar-refractivity contribution >= 4 is 23.6 Å². The normalized spacial score (nSPS) is 10.1. The summed E-state index contributed by atoms with van der Waals surface area (Å²) in [6.07, 6.45) is 4.17. The van der Waals surface area contributed by atoms with Gasteiger partial charge < -0.3 is 10.0 Å². The van der Waals surface area contributed by atoms with Crippen molar-refractivity contribution in [2.45, 2.75) is 18.4 Å². The molecular weight excluding hydrogens is 252 g/mol. The van der Waals surface area contributed by atoms with Crippen molar-refractivity contribution in [2.75, 3.05) is 19.3 Å². The standard InChI is InChI=1S/C12H16N2O3S/c1-3-7-14(8-10(15)16)12(17)9-5-4-6-13-11(9)18-2/h4-6H,3,7-8H2,1-2H3,(H,15,16). The Kier molecular flexibility index (Phi) is 5.64. The Morgan fingerprint density at radius 3 is 2.78 bits per heavy atom. The van der Waals surface area contributed by atoms with Crippen molar-refractivity contribution in [1.29, 1.82) is 0 Å². The molecule has 0 unspecified atom stereocenters. The van der Waals surface area contributed by atoms with E-state index in [0.717, 1.165) is 0 Å². The van der Waals surface area contributed by atoms with Gasteiger partial charge in [0.25, 0.3) is 5.91 Å². The maximum Gasteiger partial charge on any atom is 0.323 e. The van der Waals surface area contributed by atoms with Crippen LogP contribution in [0.2, 0.25) is 0 Å². The first kappa shape index (κ1) is 14.5. The van der Waals surface area contributed by atoms with Gasteiger partial charge in [-0.05, 0) is 24.8 Å². The Balaban J connectivity index is 2.97. The van der Waals surface area contributed by atoms with Crippen LogP contribution < -0.4 is 0 Å². The highest BCUT2D eigenvalue weighted by Crippen LogP contribution is 2.18. The molecule has 0 saturated heterocycles. The van der Waals surface area contributed by atoms with Crippen LogP contribution in [0.5, 0.6) is 0 Å². The molecule has 1 amide bonds. The third-order valence-corrected chi connectivity index (χ3v) is 3.01. The third kappa shape index (κ3) is 3.73. The number of aromatic nitrogens is 1. The summed E-state index contributed by atoms with van der Waals surface area (Å²) >= 11 is 1.37. The Morgan fingerprint density at radius 2 is 2.22 bits per heavy atom. The topological polar surface area (TPSA) is 70.5 Å². The predicted molar refractivity (Wildman–Crippen MR) is 69.8 cm³/mol. The first-order valence-electron chi connectivity index (χ1n) is 5.60. The second-order valence-electron chi connectivity index (χ2n) is 3.68. The van der Waals surface area contributed by atoms with Crippen LogP contribution in [0.3, 0.4) is 0 Å². The molecule has 1 rings (SSSR count). The van der Waals surface area contributed by atoms with Crippen LogP contribution in [0.15, 0.2) is 23.4 Å². The zero-order chi connectivity index (χ0) is 13.5. The van der Waals surface area contributed by atoms with Gasteiger partial charge in [0.1, 0.15) is 11.6 Å². The van der Waals surface area contributed by atoms with E-state index in [1.54, 1.807) is 18.3 Å². The smallest absolute Gasteiger partial charge is 0.323 e. The van der Waals surface area contributed by atoms with Crippen LogP contribution in [0.1, 0.15) is 23.7 Å². The Hall–Kier alpha value is -1.56. The first-order valence-corrected chi connectivity index (χ1v) is 6.82. The quantitative estimate of drug-likeness (QED) is 0.796. The summed E-state index contributed by atoms with van der Waals surface area (Å²) in [5, 5.41) is 9.44. The minimum Gasteiger partial charge on any atom is -0.480 e. The lowest BCUT2D eigenvalue weighted by atomic mass is 10.2. The van der Waals surface area contributed by atoms with E-state index in [1.165, 1.54) is 16.7 Å². The van der Waals surface area contributed by atoms with Crippen LogP contribution in [-0.2, 0) is 4.79 Å². The number of nitrogens with zero attached hydrogens (tertiary/aromatic N) is 2. The van der Waals surface area contributed by atoms with Crippen LogP contribution in [0.25, 0.3) is 0 Å². The third-order valence-electron chi connectivity index (χ3n) is 2.30. The van der Waals surface area contributed by atoms with Crippen LogP contribution in [0, 0.1) is 0 Å². The van der Waals surface area contributed by atoms with Crippen molar-refractivity contribution in [2.24, 2.45) is 0 Å². The number of carboxylic acid groups (broad SMARTS) is 1. The van der Waals surface area contributed by atoms with Gasteiger partial charge in [0.05, 0.1) is 5.56 Å². The molecule has 0 aromatic carbocycles. The number of hydrogen-bond donors (Lipinski definition) is 1. The molecule has 0 aliphatic carbocycles. The van der Waals surface area contributed by atoms with E-state index in [1.807, 2.05) is 13.2 Å². The molecule has 18 heavy (non-hydrogen) atoms. The largest absolute Gasteiger partial charge is 0.480 e. The minimum atomic E-state index is -1.01. The summed E-state index contributed by atoms with van der Waals surface area (Å²) in [6, 6.07) is 3.35. The number of hydrogen-bond acceptors (Lipinski definition) is 4. The highest BCUT2D eigenvalue weighted by atomic mass is 32.2. The number of thioether (sulfide) groups is 1. The molecule has 1 heterocycles. The van der Waals surface area contributed by atoms with E-state index in [4.69, 9.17) is 5.11 Å². The highest BCUT2D eigenvalue weighted by Gasteiger charge is 2.20. The number of aliphatic carboxylic acids is 1. The first-order chi connectivity index (χ1) is 8.60. The van der Waals surface area contributed by atoms with Gasteiger partial charge in [0.15, 0.2) is 0 Å². The average Bonchev–Trinajstić information content (AvgIpc) is 2.37. The molecule has 1 aromatic heterocycles. The minimum absolute atomic E-state index is 0.281. The number of pyridine rings is 1. The highest BCUT2D eigenvalue weighted by molar-refractivity contribution is 7.98. The van der Waals surface area contributed by atoms with E-state index < -0.39 is 5.97 Å². The van der Waals surface area contributed by atoms with E-state index in [9.17, 15) is 9.59 Å². The lowest BCUT2D eigenvalue weighted by Crippen LogP contribution is -2.36. The molecule has 0 fully saturated rings. The second-order valence-corrected chi connectivity index (χ2v) is 4.48. The molecule has 0 aliphatic rings. The molecule has 1 N–H and O–H groups in total. The number of carboxylic acids is 1. The van der Waals surface area contributed by atoms with Crippen LogP contribution >= 0.6 is 11.8 Å². The monoisotopic (exact) mass is 268 g/mol. The van der Waals surface area contributed by atoms with Gasteiger partial charge in [-0.2, -0.15) is 0 Å². The molecule has 0 aliphatic heterocycles. The number of carbonyl (C=O) groups excluding carboxylic acids is 1. The number of rotatable bonds is 6. The summed E-state index contributed by atoms with van der Waals surface area (Å²) in [7, 11) is 0. The average molecular weight is 268 g/mol. The van der Waals surface area contributed by atoms with Crippen molar-refractivity contribution < 1.29 is 14.7 Å². The number of carbonyl (C=O) groups is 2.